The Hall–Kier alpha value is -1.14. The van der Waals surface area contributed by atoms with E-state index >= 15 is 0 Å². The molecule has 1 atom stereocenters. The number of carboxylic acid groups (broad SMARTS) is 1. The molecule has 0 radical (unpaired) electrons. The van der Waals surface area contributed by atoms with E-state index in [1.54, 1.807) is 0 Å². The van der Waals surface area contributed by atoms with Gasteiger partial charge in [0, 0.05) is 0 Å². The van der Waals surface area contributed by atoms with Gasteiger partial charge in [0.15, 0.2) is 6.10 Å². The Morgan fingerprint density at radius 1 is 1.38 bits per heavy atom. The average molecular weight is 211 g/mol. The number of halogens is 1. The zero-order valence-corrected chi connectivity index (χ0v) is 7.15. The number of carbonyl (C=O) groups is 3. The van der Waals surface area contributed by atoms with Crippen LogP contribution in [0, 0.1) is 0 Å². The van der Waals surface area contributed by atoms with E-state index in [1.807, 2.05) is 0 Å². The monoisotopic (exact) mass is 210 g/mol. The Balaban J connectivity index is 3.96. The van der Waals surface area contributed by atoms with Crippen molar-refractivity contribution in [3.05, 3.63) is 0 Å². The molecule has 74 valence electrons. The van der Waals surface area contributed by atoms with Gasteiger partial charge in [-0.1, -0.05) is 0 Å². The van der Waals surface area contributed by atoms with Crippen molar-refractivity contribution in [2.45, 2.75) is 12.5 Å². The van der Waals surface area contributed by atoms with Crippen LogP contribution >= 0.6 is 11.6 Å². The van der Waals surface area contributed by atoms with Gasteiger partial charge in [-0.3, -0.25) is 9.59 Å². The number of alkyl halides is 1. The molecule has 0 amide bonds. The Kier molecular flexibility index (Phi) is 5.01. The highest BCUT2D eigenvalue weighted by Crippen LogP contribution is 1.96. The van der Waals surface area contributed by atoms with Crippen molar-refractivity contribution >= 4 is 29.5 Å². The molecule has 0 aromatic heterocycles. The van der Waals surface area contributed by atoms with Crippen molar-refractivity contribution < 1.29 is 29.3 Å². The predicted octanol–water partition coefficient (Wildman–Crippen LogP) is -0.869. The zero-order chi connectivity index (χ0) is 10.4. The fourth-order valence-electron chi connectivity index (χ4n) is 0.456. The summed E-state index contributed by atoms with van der Waals surface area (Å²) in [5.41, 5.74) is 0. The van der Waals surface area contributed by atoms with Crippen LogP contribution in [0.3, 0.4) is 0 Å². The van der Waals surface area contributed by atoms with Gasteiger partial charge in [-0.2, -0.15) is 0 Å². The predicted molar refractivity (Wildman–Crippen MR) is 40.1 cm³/mol. The highest BCUT2D eigenvalue weighted by molar-refractivity contribution is 6.27. The summed E-state index contributed by atoms with van der Waals surface area (Å²) in [5.74, 6) is -4.25. The van der Waals surface area contributed by atoms with Gasteiger partial charge in [-0.05, 0) is 0 Å². The maximum atomic E-state index is 10.6. The molecule has 0 saturated heterocycles. The third kappa shape index (κ3) is 5.15. The number of aliphatic hydroxyl groups excluding tert-OH is 1. The lowest BCUT2D eigenvalue weighted by atomic mass is 10.2. The number of carboxylic acids is 1. The van der Waals surface area contributed by atoms with Crippen LogP contribution < -0.4 is 0 Å². The van der Waals surface area contributed by atoms with Crippen LogP contribution in [0.4, 0.5) is 0 Å². The number of rotatable bonds is 4. The first-order chi connectivity index (χ1) is 5.97. The molecular weight excluding hydrogens is 204 g/mol. The van der Waals surface area contributed by atoms with Crippen molar-refractivity contribution in [3.63, 3.8) is 0 Å². The highest BCUT2D eigenvalue weighted by atomic mass is 35.5. The van der Waals surface area contributed by atoms with Crippen LogP contribution in [0.1, 0.15) is 6.42 Å². The number of carbonyl (C=O) groups excluding carboxylic acids is 2. The van der Waals surface area contributed by atoms with Crippen molar-refractivity contribution in [1.82, 2.24) is 0 Å². The minimum atomic E-state index is -1.84. The zero-order valence-electron chi connectivity index (χ0n) is 6.40. The molecule has 0 aliphatic heterocycles. The van der Waals surface area contributed by atoms with Gasteiger partial charge >= 0.3 is 17.9 Å². The minimum absolute atomic E-state index is 0.536. The molecule has 1 unspecified atom stereocenters. The molecule has 0 aromatic rings. The first-order valence-corrected chi connectivity index (χ1v) is 3.71. The van der Waals surface area contributed by atoms with E-state index in [-0.39, 0.29) is 0 Å². The topological polar surface area (TPSA) is 101 Å². The van der Waals surface area contributed by atoms with Gasteiger partial charge in [-0.15, -0.1) is 11.6 Å². The molecule has 0 aromatic carbocycles. The summed E-state index contributed by atoms with van der Waals surface area (Å²) in [6, 6.07) is 0. The molecule has 0 fully saturated rings. The standard InChI is InChI=1S/C6H7ClO6/c7-2-5(11)13-6(12)3(8)1-4(9)10/h3,8H,1-2H2,(H,9,10). The van der Waals surface area contributed by atoms with Crippen LogP contribution in [0.2, 0.25) is 0 Å². The second kappa shape index (κ2) is 5.50. The van der Waals surface area contributed by atoms with E-state index in [0.717, 1.165) is 0 Å². The van der Waals surface area contributed by atoms with Gasteiger partial charge in [0.05, 0.1) is 6.42 Å². The summed E-state index contributed by atoms with van der Waals surface area (Å²) in [5, 5.41) is 16.9. The molecule has 0 spiro atoms. The lowest BCUT2D eigenvalue weighted by molar-refractivity contribution is -0.166. The molecule has 7 heteroatoms. The summed E-state index contributed by atoms with van der Waals surface area (Å²) in [4.78, 5) is 31.0. The van der Waals surface area contributed by atoms with Crippen molar-refractivity contribution in [2.75, 3.05) is 5.88 Å². The van der Waals surface area contributed by atoms with Gasteiger partial charge in [0.2, 0.25) is 0 Å². The van der Waals surface area contributed by atoms with Crippen LogP contribution in [0.5, 0.6) is 0 Å². The van der Waals surface area contributed by atoms with Crippen molar-refractivity contribution in [2.24, 2.45) is 0 Å². The molecular formula is C6H7ClO6. The molecule has 6 nitrogen and oxygen atoms in total. The maximum Gasteiger partial charge on any atom is 0.343 e. The fourth-order valence-corrected chi connectivity index (χ4v) is 0.511. The Bertz CT molecular complexity index is 225. The lowest BCUT2D eigenvalue weighted by Gasteiger charge is -2.05. The quantitative estimate of drug-likeness (QED) is 0.355. The Morgan fingerprint density at radius 3 is 2.31 bits per heavy atom. The fraction of sp³-hybridized carbons (Fsp3) is 0.500. The van der Waals surface area contributed by atoms with Gasteiger partial charge < -0.3 is 14.9 Å². The number of ether oxygens (including phenoxy) is 1. The molecule has 0 heterocycles. The summed E-state index contributed by atoms with van der Waals surface area (Å²) < 4.78 is 3.94. The SMILES string of the molecule is O=C(O)CC(O)C(=O)OC(=O)CCl. The second-order valence-electron chi connectivity index (χ2n) is 2.04. The maximum absolute atomic E-state index is 10.6. The largest absolute Gasteiger partial charge is 0.481 e. The minimum Gasteiger partial charge on any atom is -0.481 e. The van der Waals surface area contributed by atoms with E-state index in [1.165, 1.54) is 0 Å². The van der Waals surface area contributed by atoms with Crippen molar-refractivity contribution in [1.29, 1.82) is 0 Å². The van der Waals surface area contributed by atoms with Crippen molar-refractivity contribution in [3.8, 4) is 0 Å². The number of hydrogen-bond donors (Lipinski definition) is 2. The van der Waals surface area contributed by atoms with E-state index in [9.17, 15) is 14.4 Å². The molecule has 0 aliphatic carbocycles. The van der Waals surface area contributed by atoms with Crippen LogP contribution in [0.25, 0.3) is 0 Å². The van der Waals surface area contributed by atoms with Crippen LogP contribution in [-0.4, -0.2) is 40.1 Å². The highest BCUT2D eigenvalue weighted by Gasteiger charge is 2.22. The molecule has 2 N–H and O–H groups in total. The molecule has 0 saturated carbocycles. The van der Waals surface area contributed by atoms with E-state index in [4.69, 9.17) is 21.8 Å². The third-order valence-electron chi connectivity index (χ3n) is 0.964. The van der Waals surface area contributed by atoms with Gasteiger partial charge in [0.1, 0.15) is 5.88 Å². The van der Waals surface area contributed by atoms with E-state index in [0.29, 0.717) is 0 Å². The smallest absolute Gasteiger partial charge is 0.343 e. The first-order valence-electron chi connectivity index (χ1n) is 3.17. The Morgan fingerprint density at radius 2 is 1.92 bits per heavy atom. The second-order valence-corrected chi connectivity index (χ2v) is 2.31. The van der Waals surface area contributed by atoms with E-state index in [2.05, 4.69) is 4.74 Å². The summed E-state index contributed by atoms with van der Waals surface area (Å²) in [7, 11) is 0. The first kappa shape index (κ1) is 11.9. The van der Waals surface area contributed by atoms with Crippen LogP contribution in [-0.2, 0) is 19.1 Å². The number of aliphatic hydroxyl groups is 1. The van der Waals surface area contributed by atoms with Crippen LogP contribution in [0.15, 0.2) is 0 Å². The lowest BCUT2D eigenvalue weighted by Crippen LogP contribution is -2.28. The number of aliphatic carboxylic acids is 1. The molecule has 0 bridgehead atoms. The molecule has 0 rings (SSSR count). The number of esters is 2. The number of hydrogen-bond acceptors (Lipinski definition) is 5. The average Bonchev–Trinajstić information content (AvgIpc) is 2.02. The van der Waals surface area contributed by atoms with Gasteiger partial charge in [-0.25, -0.2) is 4.79 Å². The summed E-state index contributed by atoms with van der Waals surface area (Å²) in [6.07, 6.45) is -2.65. The molecule has 13 heavy (non-hydrogen) atoms. The third-order valence-corrected chi connectivity index (χ3v) is 1.18. The normalized spacial score (nSPS) is 11.8. The Labute approximate surface area is 78.1 Å². The summed E-state index contributed by atoms with van der Waals surface area (Å²) >= 11 is 4.98. The van der Waals surface area contributed by atoms with E-state index < -0.39 is 36.3 Å². The summed E-state index contributed by atoms with van der Waals surface area (Å²) in [6.45, 7) is 0. The van der Waals surface area contributed by atoms with Gasteiger partial charge in [0.25, 0.3) is 0 Å². The molecule has 0 aliphatic rings.